The average molecular weight is 257 g/mol. The number of hydrogen-bond donors (Lipinski definition) is 0. The largest absolute Gasteiger partial charge is 0.497 e. The number of methoxy groups -OCH3 is 1. The fraction of sp³-hybridized carbons (Fsp3) is 0.417. The molecule has 0 N–H and O–H groups in total. The molecule has 0 atom stereocenters. The van der Waals surface area contributed by atoms with Crippen LogP contribution in [0.3, 0.4) is 0 Å². The summed E-state index contributed by atoms with van der Waals surface area (Å²) in [6, 6.07) is 4.25. The van der Waals surface area contributed by atoms with Crippen LogP contribution in [0.4, 0.5) is 4.39 Å². The van der Waals surface area contributed by atoms with Crippen molar-refractivity contribution in [3.05, 3.63) is 29.6 Å². The second-order valence-corrected chi connectivity index (χ2v) is 4.55. The Morgan fingerprint density at radius 3 is 2.76 bits per heavy atom. The molecule has 0 unspecified atom stereocenters. The van der Waals surface area contributed by atoms with Gasteiger partial charge in [0.15, 0.2) is 0 Å². The fourth-order valence-electron chi connectivity index (χ4n) is 1.33. The van der Waals surface area contributed by atoms with E-state index < -0.39 is 5.82 Å². The topological polar surface area (TPSA) is 29.5 Å². The maximum Gasteiger partial charge on any atom is 0.256 e. The van der Waals surface area contributed by atoms with Gasteiger partial charge in [0.25, 0.3) is 5.91 Å². The first-order valence-corrected chi connectivity index (χ1v) is 6.57. The Labute approximate surface area is 105 Å². The third kappa shape index (κ3) is 3.63. The van der Waals surface area contributed by atoms with Crippen LogP contribution >= 0.6 is 11.8 Å². The van der Waals surface area contributed by atoms with Crippen molar-refractivity contribution in [3.8, 4) is 5.75 Å². The van der Waals surface area contributed by atoms with E-state index in [4.69, 9.17) is 4.74 Å². The van der Waals surface area contributed by atoms with Crippen LogP contribution in [0.5, 0.6) is 5.75 Å². The van der Waals surface area contributed by atoms with Crippen LogP contribution in [0.15, 0.2) is 18.2 Å². The first-order valence-electron chi connectivity index (χ1n) is 5.18. The van der Waals surface area contributed by atoms with Crippen molar-refractivity contribution >= 4 is 17.7 Å². The van der Waals surface area contributed by atoms with Gasteiger partial charge in [-0.1, -0.05) is 0 Å². The van der Waals surface area contributed by atoms with E-state index in [1.807, 2.05) is 6.26 Å². The Kier molecular flexibility index (Phi) is 5.28. The molecule has 0 radical (unpaired) electrons. The number of ether oxygens (including phenoxy) is 1. The molecule has 94 valence electrons. The van der Waals surface area contributed by atoms with Crippen LogP contribution in [0, 0.1) is 5.82 Å². The van der Waals surface area contributed by atoms with Gasteiger partial charge in [0.2, 0.25) is 0 Å². The van der Waals surface area contributed by atoms with E-state index in [1.165, 1.54) is 24.1 Å². The second kappa shape index (κ2) is 6.49. The van der Waals surface area contributed by atoms with Crippen LogP contribution < -0.4 is 4.74 Å². The molecule has 0 aliphatic carbocycles. The molecule has 0 saturated heterocycles. The third-order valence-electron chi connectivity index (χ3n) is 2.38. The number of nitrogens with zero attached hydrogens (tertiary/aromatic N) is 1. The number of carbonyl (C=O) groups is 1. The molecule has 0 aliphatic heterocycles. The first kappa shape index (κ1) is 13.8. The Morgan fingerprint density at radius 2 is 2.24 bits per heavy atom. The first-order chi connectivity index (χ1) is 8.10. The number of carbonyl (C=O) groups excluding carboxylic acids is 1. The summed E-state index contributed by atoms with van der Waals surface area (Å²) in [4.78, 5) is 13.4. The Balaban J connectivity index is 2.81. The van der Waals surface area contributed by atoms with Gasteiger partial charge in [-0.25, -0.2) is 4.39 Å². The Bertz CT molecular complexity index is 398. The molecule has 3 nitrogen and oxygen atoms in total. The van der Waals surface area contributed by atoms with Crippen molar-refractivity contribution in [2.24, 2.45) is 0 Å². The monoisotopic (exact) mass is 257 g/mol. The van der Waals surface area contributed by atoms with Crippen molar-refractivity contribution in [1.29, 1.82) is 0 Å². The predicted molar refractivity (Wildman–Crippen MR) is 68.3 cm³/mol. The highest BCUT2D eigenvalue weighted by atomic mass is 32.2. The number of thioether (sulfide) groups is 1. The van der Waals surface area contributed by atoms with E-state index in [0.29, 0.717) is 12.3 Å². The van der Waals surface area contributed by atoms with E-state index in [9.17, 15) is 9.18 Å². The molecule has 1 amide bonds. The lowest BCUT2D eigenvalue weighted by Crippen LogP contribution is -2.29. The van der Waals surface area contributed by atoms with Crippen LogP contribution in [0.25, 0.3) is 0 Å². The number of rotatable bonds is 5. The summed E-state index contributed by atoms with van der Waals surface area (Å²) < 4.78 is 18.5. The van der Waals surface area contributed by atoms with E-state index in [-0.39, 0.29) is 11.5 Å². The molecule has 0 saturated carbocycles. The SMILES string of the molecule is COc1ccc(C(=O)N(C)CCSC)c(F)c1. The Hall–Kier alpha value is -1.23. The van der Waals surface area contributed by atoms with E-state index in [2.05, 4.69) is 0 Å². The average Bonchev–Trinajstić information content (AvgIpc) is 2.34. The quantitative estimate of drug-likeness (QED) is 0.810. The van der Waals surface area contributed by atoms with Gasteiger partial charge >= 0.3 is 0 Å². The smallest absolute Gasteiger partial charge is 0.256 e. The minimum Gasteiger partial charge on any atom is -0.497 e. The molecule has 1 rings (SSSR count). The van der Waals surface area contributed by atoms with Crippen LogP contribution in [-0.4, -0.2) is 43.5 Å². The molecule has 17 heavy (non-hydrogen) atoms. The maximum atomic E-state index is 13.6. The van der Waals surface area contributed by atoms with Gasteiger partial charge in [-0.15, -0.1) is 0 Å². The van der Waals surface area contributed by atoms with Gasteiger partial charge in [-0.3, -0.25) is 4.79 Å². The normalized spacial score (nSPS) is 10.1. The van der Waals surface area contributed by atoms with Crippen molar-refractivity contribution < 1.29 is 13.9 Å². The molecule has 1 aromatic carbocycles. The Morgan fingerprint density at radius 1 is 1.53 bits per heavy atom. The lowest BCUT2D eigenvalue weighted by molar-refractivity contribution is 0.0799. The minimum atomic E-state index is -0.551. The zero-order valence-corrected chi connectivity index (χ0v) is 11.0. The highest BCUT2D eigenvalue weighted by Gasteiger charge is 2.16. The van der Waals surface area contributed by atoms with Crippen molar-refractivity contribution in [2.75, 3.05) is 32.7 Å². The summed E-state index contributed by atoms with van der Waals surface area (Å²) >= 11 is 1.65. The molecule has 5 heteroatoms. The zero-order valence-electron chi connectivity index (χ0n) is 10.2. The van der Waals surface area contributed by atoms with Gasteiger partial charge in [-0.2, -0.15) is 11.8 Å². The van der Waals surface area contributed by atoms with Crippen LogP contribution in [-0.2, 0) is 0 Å². The number of hydrogen-bond acceptors (Lipinski definition) is 3. The summed E-state index contributed by atoms with van der Waals surface area (Å²) in [5.74, 6) is 0.385. The minimum absolute atomic E-state index is 0.0782. The van der Waals surface area contributed by atoms with Crippen molar-refractivity contribution in [1.82, 2.24) is 4.90 Å². The fourth-order valence-corrected chi connectivity index (χ4v) is 1.79. The number of benzene rings is 1. The molecule has 0 bridgehead atoms. The van der Waals surface area contributed by atoms with Gasteiger partial charge in [0.1, 0.15) is 11.6 Å². The highest BCUT2D eigenvalue weighted by Crippen LogP contribution is 2.17. The van der Waals surface area contributed by atoms with Gasteiger partial charge in [0, 0.05) is 25.4 Å². The van der Waals surface area contributed by atoms with Crippen molar-refractivity contribution in [2.45, 2.75) is 0 Å². The molecule has 0 aromatic heterocycles. The summed E-state index contributed by atoms with van der Waals surface area (Å²) in [7, 11) is 3.13. The number of halogens is 1. The molecular formula is C12H16FNO2S. The molecule has 1 aromatic rings. The number of amides is 1. The van der Waals surface area contributed by atoms with Gasteiger partial charge < -0.3 is 9.64 Å². The van der Waals surface area contributed by atoms with E-state index in [1.54, 1.807) is 24.9 Å². The lowest BCUT2D eigenvalue weighted by atomic mass is 10.2. The standard InChI is InChI=1S/C12H16FNO2S/c1-14(6-7-17-3)12(15)10-5-4-9(16-2)8-11(10)13/h4-5,8H,6-7H2,1-3H3. The third-order valence-corrected chi connectivity index (χ3v) is 2.98. The summed E-state index contributed by atoms with van der Waals surface area (Å²) in [6.07, 6.45) is 1.96. The second-order valence-electron chi connectivity index (χ2n) is 3.57. The highest BCUT2D eigenvalue weighted by molar-refractivity contribution is 7.98. The molecule has 0 aliphatic rings. The van der Waals surface area contributed by atoms with E-state index >= 15 is 0 Å². The zero-order chi connectivity index (χ0) is 12.8. The maximum absolute atomic E-state index is 13.6. The summed E-state index contributed by atoms with van der Waals surface area (Å²) in [5, 5.41) is 0. The van der Waals surface area contributed by atoms with Gasteiger partial charge in [0.05, 0.1) is 12.7 Å². The summed E-state index contributed by atoms with van der Waals surface area (Å²) in [6.45, 7) is 0.603. The molecule has 0 spiro atoms. The lowest BCUT2D eigenvalue weighted by Gasteiger charge is -2.17. The summed E-state index contributed by atoms with van der Waals surface area (Å²) in [5.41, 5.74) is 0.0782. The predicted octanol–water partition coefficient (Wildman–Crippen LogP) is 2.27. The molecule has 0 fully saturated rings. The van der Waals surface area contributed by atoms with Crippen molar-refractivity contribution in [3.63, 3.8) is 0 Å². The van der Waals surface area contributed by atoms with Gasteiger partial charge in [-0.05, 0) is 18.4 Å². The van der Waals surface area contributed by atoms with Crippen LogP contribution in [0.1, 0.15) is 10.4 Å². The van der Waals surface area contributed by atoms with E-state index in [0.717, 1.165) is 5.75 Å². The van der Waals surface area contributed by atoms with Crippen LogP contribution in [0.2, 0.25) is 0 Å². The molecular weight excluding hydrogens is 241 g/mol. The molecule has 0 heterocycles.